The molecule has 4 aromatic rings. The van der Waals surface area contributed by atoms with E-state index in [9.17, 15) is 4.79 Å². The molecule has 0 fully saturated rings. The van der Waals surface area contributed by atoms with Crippen LogP contribution in [0.1, 0.15) is 21.5 Å². The first kappa shape index (κ1) is 16.2. The number of pyridine rings is 1. The number of carbonyl (C=O) groups excluding carboxylic acids is 1. The van der Waals surface area contributed by atoms with Crippen LogP contribution in [0, 0.1) is 13.8 Å². The van der Waals surface area contributed by atoms with Crippen molar-refractivity contribution in [2.45, 2.75) is 20.4 Å². The van der Waals surface area contributed by atoms with Crippen molar-refractivity contribution >= 4 is 16.8 Å². The van der Waals surface area contributed by atoms with Crippen LogP contribution in [0.25, 0.3) is 22.6 Å². The van der Waals surface area contributed by atoms with Gasteiger partial charge in [-0.3, -0.25) is 9.78 Å². The van der Waals surface area contributed by atoms with Crippen LogP contribution in [0.4, 0.5) is 0 Å². The summed E-state index contributed by atoms with van der Waals surface area (Å²) in [6.45, 7) is 4.21. The first-order valence-electron chi connectivity index (χ1n) is 8.60. The molecular formula is C22H19N3O. The predicted octanol–water partition coefficient (Wildman–Crippen LogP) is 4.60. The Morgan fingerprint density at radius 3 is 2.62 bits per heavy atom. The standard InChI is InChI=1S/C22H19N3O/c1-15-10-11-16(2)17(13-15)21(26)14-25-20-9-4-3-7-18(20)24-22(25)19-8-5-6-12-23-19/h3-13H,14H2,1-2H3. The monoisotopic (exact) mass is 341 g/mol. The van der Waals surface area contributed by atoms with Crippen molar-refractivity contribution in [3.8, 4) is 11.5 Å². The van der Waals surface area contributed by atoms with E-state index in [1.807, 2.05) is 79.1 Å². The Morgan fingerprint density at radius 1 is 1.00 bits per heavy atom. The average Bonchev–Trinajstić information content (AvgIpc) is 3.03. The zero-order valence-electron chi connectivity index (χ0n) is 14.8. The summed E-state index contributed by atoms with van der Waals surface area (Å²) >= 11 is 0. The third kappa shape index (κ3) is 2.90. The Morgan fingerprint density at radius 2 is 1.81 bits per heavy atom. The van der Waals surface area contributed by atoms with E-state index in [1.165, 1.54) is 0 Å². The smallest absolute Gasteiger partial charge is 0.182 e. The van der Waals surface area contributed by atoms with E-state index in [2.05, 4.69) is 4.98 Å². The van der Waals surface area contributed by atoms with E-state index in [-0.39, 0.29) is 12.3 Å². The van der Waals surface area contributed by atoms with Gasteiger partial charge in [0.1, 0.15) is 5.69 Å². The van der Waals surface area contributed by atoms with Crippen LogP contribution in [0.3, 0.4) is 0 Å². The molecule has 0 spiro atoms. The van der Waals surface area contributed by atoms with Crippen LogP contribution >= 0.6 is 0 Å². The van der Waals surface area contributed by atoms with Crippen LogP contribution in [0.15, 0.2) is 66.9 Å². The number of aromatic nitrogens is 3. The normalized spacial score (nSPS) is 11.0. The molecule has 0 radical (unpaired) electrons. The number of nitrogens with zero attached hydrogens (tertiary/aromatic N) is 3. The topological polar surface area (TPSA) is 47.8 Å². The Hall–Kier alpha value is -3.27. The van der Waals surface area contributed by atoms with Gasteiger partial charge in [-0.2, -0.15) is 0 Å². The van der Waals surface area contributed by atoms with Crippen molar-refractivity contribution in [3.05, 3.63) is 83.6 Å². The SMILES string of the molecule is Cc1ccc(C)c(C(=O)Cn2c(-c3ccccn3)nc3ccccc32)c1. The number of fused-ring (bicyclic) bond motifs is 1. The van der Waals surface area contributed by atoms with Gasteiger partial charge in [-0.15, -0.1) is 0 Å². The second kappa shape index (κ2) is 6.56. The average molecular weight is 341 g/mol. The van der Waals surface area contributed by atoms with Crippen LogP contribution in [0.2, 0.25) is 0 Å². The third-order valence-electron chi connectivity index (χ3n) is 4.54. The van der Waals surface area contributed by atoms with Crippen LogP contribution in [-0.4, -0.2) is 20.3 Å². The maximum Gasteiger partial charge on any atom is 0.182 e. The molecule has 0 aliphatic rings. The Kier molecular flexibility index (Phi) is 4.09. The molecule has 0 saturated carbocycles. The summed E-state index contributed by atoms with van der Waals surface area (Å²) in [4.78, 5) is 22.2. The molecule has 0 aliphatic carbocycles. The summed E-state index contributed by atoms with van der Waals surface area (Å²) in [5, 5.41) is 0. The van der Waals surface area contributed by atoms with Gasteiger partial charge in [0.05, 0.1) is 17.6 Å². The highest BCUT2D eigenvalue weighted by Crippen LogP contribution is 2.24. The first-order chi connectivity index (χ1) is 12.6. The molecule has 128 valence electrons. The molecule has 0 atom stereocenters. The molecular weight excluding hydrogens is 322 g/mol. The van der Waals surface area contributed by atoms with Gasteiger partial charge < -0.3 is 4.57 Å². The maximum atomic E-state index is 13.0. The number of hydrogen-bond acceptors (Lipinski definition) is 3. The fourth-order valence-electron chi connectivity index (χ4n) is 3.19. The predicted molar refractivity (Wildman–Crippen MR) is 103 cm³/mol. The molecule has 4 heteroatoms. The first-order valence-corrected chi connectivity index (χ1v) is 8.60. The summed E-state index contributed by atoms with van der Waals surface area (Å²) in [6.07, 6.45) is 1.74. The van der Waals surface area contributed by atoms with Crippen molar-refractivity contribution in [1.29, 1.82) is 0 Å². The van der Waals surface area contributed by atoms with Gasteiger partial charge in [0, 0.05) is 11.8 Å². The number of Topliss-reactive ketones (excluding diaryl/α,β-unsaturated/α-hetero) is 1. The minimum Gasteiger partial charge on any atom is -0.315 e. The lowest BCUT2D eigenvalue weighted by Crippen LogP contribution is -2.13. The van der Waals surface area contributed by atoms with Crippen molar-refractivity contribution in [1.82, 2.24) is 14.5 Å². The summed E-state index contributed by atoms with van der Waals surface area (Å²) < 4.78 is 1.96. The molecule has 0 bridgehead atoms. The fraction of sp³-hybridized carbons (Fsp3) is 0.136. The van der Waals surface area contributed by atoms with E-state index in [0.29, 0.717) is 5.82 Å². The van der Waals surface area contributed by atoms with Crippen molar-refractivity contribution in [2.24, 2.45) is 0 Å². The second-order valence-corrected chi connectivity index (χ2v) is 6.47. The van der Waals surface area contributed by atoms with Crippen molar-refractivity contribution < 1.29 is 4.79 Å². The molecule has 0 saturated heterocycles. The summed E-state index contributed by atoms with van der Waals surface area (Å²) in [5.74, 6) is 0.789. The molecule has 4 nitrogen and oxygen atoms in total. The van der Waals surface area contributed by atoms with Crippen LogP contribution < -0.4 is 0 Å². The molecule has 4 rings (SSSR count). The summed E-state index contributed by atoms with van der Waals surface area (Å²) in [7, 11) is 0. The quantitative estimate of drug-likeness (QED) is 0.510. The fourth-order valence-corrected chi connectivity index (χ4v) is 3.19. The zero-order chi connectivity index (χ0) is 18.1. The van der Waals surface area contributed by atoms with E-state index < -0.39 is 0 Å². The van der Waals surface area contributed by atoms with Crippen molar-refractivity contribution in [3.63, 3.8) is 0 Å². The van der Waals surface area contributed by atoms with Gasteiger partial charge in [0.15, 0.2) is 11.6 Å². The highest BCUT2D eigenvalue weighted by molar-refractivity contribution is 5.98. The van der Waals surface area contributed by atoms with E-state index in [4.69, 9.17) is 4.98 Å². The number of imidazole rings is 1. The Labute approximate surface area is 152 Å². The number of para-hydroxylation sites is 2. The molecule has 26 heavy (non-hydrogen) atoms. The van der Waals surface area contributed by atoms with E-state index in [1.54, 1.807) is 6.20 Å². The molecule has 0 aliphatic heterocycles. The lowest BCUT2D eigenvalue weighted by molar-refractivity contribution is 0.0973. The number of hydrogen-bond donors (Lipinski definition) is 0. The highest BCUT2D eigenvalue weighted by atomic mass is 16.1. The minimum atomic E-state index is 0.0755. The number of aryl methyl sites for hydroxylation is 2. The van der Waals surface area contributed by atoms with Gasteiger partial charge >= 0.3 is 0 Å². The summed E-state index contributed by atoms with van der Waals surface area (Å²) in [5.41, 5.74) is 5.39. The number of carbonyl (C=O) groups is 1. The van der Waals surface area contributed by atoms with Gasteiger partial charge in [0.2, 0.25) is 0 Å². The largest absolute Gasteiger partial charge is 0.315 e. The highest BCUT2D eigenvalue weighted by Gasteiger charge is 2.17. The second-order valence-electron chi connectivity index (χ2n) is 6.47. The zero-order valence-corrected chi connectivity index (χ0v) is 14.8. The number of benzene rings is 2. The molecule has 2 heterocycles. The van der Waals surface area contributed by atoms with Crippen molar-refractivity contribution in [2.75, 3.05) is 0 Å². The molecule has 2 aromatic carbocycles. The lowest BCUT2D eigenvalue weighted by atomic mass is 10.0. The Balaban J connectivity index is 1.83. The van der Waals surface area contributed by atoms with E-state index >= 15 is 0 Å². The molecule has 0 N–H and O–H groups in total. The van der Waals surface area contributed by atoms with Crippen LogP contribution in [-0.2, 0) is 6.54 Å². The molecule has 0 amide bonds. The molecule has 0 unspecified atom stereocenters. The number of ketones is 1. The van der Waals surface area contributed by atoms with E-state index in [0.717, 1.165) is 33.4 Å². The van der Waals surface area contributed by atoms with Crippen LogP contribution in [0.5, 0.6) is 0 Å². The van der Waals surface area contributed by atoms with Gasteiger partial charge in [0.25, 0.3) is 0 Å². The maximum absolute atomic E-state index is 13.0. The lowest BCUT2D eigenvalue weighted by Gasteiger charge is -2.10. The Bertz CT molecular complexity index is 1100. The van der Waals surface area contributed by atoms with Gasteiger partial charge in [-0.1, -0.05) is 35.9 Å². The van der Waals surface area contributed by atoms with Gasteiger partial charge in [-0.05, 0) is 49.7 Å². The van der Waals surface area contributed by atoms with Gasteiger partial charge in [-0.25, -0.2) is 4.98 Å². The molecule has 2 aromatic heterocycles. The number of rotatable bonds is 4. The minimum absolute atomic E-state index is 0.0755. The third-order valence-corrected chi connectivity index (χ3v) is 4.54. The summed E-state index contributed by atoms with van der Waals surface area (Å²) in [6, 6.07) is 19.6.